The zero-order valence-electron chi connectivity index (χ0n) is 9.58. The van der Waals surface area contributed by atoms with Crippen molar-refractivity contribution in [3.63, 3.8) is 0 Å². The average molecular weight is 217 g/mol. The van der Waals surface area contributed by atoms with Crippen molar-refractivity contribution < 1.29 is 4.74 Å². The van der Waals surface area contributed by atoms with Crippen LogP contribution in [0.2, 0.25) is 0 Å². The minimum absolute atomic E-state index is 0.140. The minimum atomic E-state index is 0.140. The van der Waals surface area contributed by atoms with Crippen LogP contribution in [0.4, 0.5) is 0 Å². The smallest absolute Gasteiger partial charge is 0.232 e. The summed E-state index contributed by atoms with van der Waals surface area (Å²) in [6.45, 7) is 5.62. The molecule has 4 nitrogen and oxygen atoms in total. The van der Waals surface area contributed by atoms with Gasteiger partial charge in [0.15, 0.2) is 0 Å². The maximum atomic E-state index is 9.08. The normalized spacial score (nSPS) is 19.4. The molecule has 1 aliphatic heterocycles. The summed E-state index contributed by atoms with van der Waals surface area (Å²) in [6, 6.07) is 4.06. The number of nitriles is 1. The maximum Gasteiger partial charge on any atom is 0.232 e. The third-order valence-electron chi connectivity index (χ3n) is 2.72. The van der Waals surface area contributed by atoms with Gasteiger partial charge < -0.3 is 10.1 Å². The number of pyridine rings is 1. The Morgan fingerprint density at radius 2 is 2.38 bits per heavy atom. The van der Waals surface area contributed by atoms with E-state index in [1.165, 1.54) is 0 Å². The van der Waals surface area contributed by atoms with Gasteiger partial charge in [0, 0.05) is 12.2 Å². The van der Waals surface area contributed by atoms with Crippen LogP contribution in [0, 0.1) is 25.2 Å². The number of aromatic nitrogens is 1. The molecule has 1 aromatic heterocycles. The lowest BCUT2D eigenvalue weighted by atomic mass is 10.1. The number of nitrogens with zero attached hydrogens (tertiary/aromatic N) is 2. The van der Waals surface area contributed by atoms with Crippen molar-refractivity contribution in [2.24, 2.45) is 0 Å². The summed E-state index contributed by atoms with van der Waals surface area (Å²) in [6.07, 6.45) is 1.11. The number of hydrogen-bond donors (Lipinski definition) is 1. The quantitative estimate of drug-likeness (QED) is 0.811. The Bertz CT molecular complexity index is 431. The molecule has 0 radical (unpaired) electrons. The van der Waals surface area contributed by atoms with Gasteiger partial charge in [-0.1, -0.05) is 0 Å². The van der Waals surface area contributed by atoms with E-state index in [-0.39, 0.29) is 6.10 Å². The molecule has 4 heteroatoms. The monoisotopic (exact) mass is 217 g/mol. The van der Waals surface area contributed by atoms with Crippen LogP contribution in [0.15, 0.2) is 6.07 Å². The van der Waals surface area contributed by atoms with Gasteiger partial charge in [0.05, 0.1) is 0 Å². The molecule has 1 N–H and O–H groups in total. The first-order valence-corrected chi connectivity index (χ1v) is 5.46. The van der Waals surface area contributed by atoms with Gasteiger partial charge in [-0.3, -0.25) is 0 Å². The van der Waals surface area contributed by atoms with Gasteiger partial charge in [-0.25, -0.2) is 4.98 Å². The standard InChI is InChI=1S/C12H15N3O/c1-8-5-9(2)15-12(11(8)6-13)16-10-3-4-14-7-10/h5,10,14H,3-4,7H2,1-2H3. The van der Waals surface area contributed by atoms with Gasteiger partial charge in [0.2, 0.25) is 5.88 Å². The molecule has 1 aliphatic rings. The van der Waals surface area contributed by atoms with Crippen LogP contribution in [-0.2, 0) is 0 Å². The Labute approximate surface area is 95.3 Å². The van der Waals surface area contributed by atoms with E-state index in [4.69, 9.17) is 10.00 Å². The molecule has 0 spiro atoms. The molecular formula is C12H15N3O. The fourth-order valence-electron chi connectivity index (χ4n) is 1.91. The molecule has 1 atom stereocenters. The molecule has 2 rings (SSSR count). The molecule has 84 valence electrons. The summed E-state index contributed by atoms with van der Waals surface area (Å²) in [5.74, 6) is 0.480. The molecule has 1 unspecified atom stereocenters. The van der Waals surface area contributed by atoms with Crippen molar-refractivity contribution in [3.8, 4) is 11.9 Å². The van der Waals surface area contributed by atoms with E-state index in [2.05, 4.69) is 16.4 Å². The summed E-state index contributed by atoms with van der Waals surface area (Å²) < 4.78 is 5.76. The number of ether oxygens (including phenoxy) is 1. The summed E-state index contributed by atoms with van der Waals surface area (Å²) in [5, 5.41) is 12.3. The lowest BCUT2D eigenvalue weighted by Gasteiger charge is -2.14. The van der Waals surface area contributed by atoms with Crippen LogP contribution in [0.3, 0.4) is 0 Å². The van der Waals surface area contributed by atoms with Gasteiger partial charge in [0.25, 0.3) is 0 Å². The molecular weight excluding hydrogens is 202 g/mol. The van der Waals surface area contributed by atoms with E-state index in [1.807, 2.05) is 19.9 Å². The van der Waals surface area contributed by atoms with Gasteiger partial charge in [0.1, 0.15) is 17.7 Å². The Morgan fingerprint density at radius 1 is 1.56 bits per heavy atom. The van der Waals surface area contributed by atoms with Crippen molar-refractivity contribution in [3.05, 3.63) is 22.9 Å². The van der Waals surface area contributed by atoms with Crippen LogP contribution < -0.4 is 10.1 Å². The first-order valence-electron chi connectivity index (χ1n) is 5.46. The number of nitrogens with one attached hydrogen (secondary N) is 1. The minimum Gasteiger partial charge on any atom is -0.472 e. The Hall–Kier alpha value is -1.60. The highest BCUT2D eigenvalue weighted by molar-refractivity contribution is 5.45. The summed E-state index contributed by atoms with van der Waals surface area (Å²) >= 11 is 0. The fraction of sp³-hybridized carbons (Fsp3) is 0.500. The van der Waals surface area contributed by atoms with Crippen molar-refractivity contribution in [2.45, 2.75) is 26.4 Å². The molecule has 0 saturated carbocycles. The third-order valence-corrected chi connectivity index (χ3v) is 2.72. The van der Waals surface area contributed by atoms with Crippen LogP contribution in [-0.4, -0.2) is 24.2 Å². The molecule has 0 aliphatic carbocycles. The van der Waals surface area contributed by atoms with Gasteiger partial charge >= 0.3 is 0 Å². The molecule has 2 heterocycles. The van der Waals surface area contributed by atoms with E-state index >= 15 is 0 Å². The second kappa shape index (κ2) is 4.50. The third kappa shape index (κ3) is 2.15. The number of rotatable bonds is 2. The average Bonchev–Trinajstić information content (AvgIpc) is 2.70. The van der Waals surface area contributed by atoms with Gasteiger partial charge in [-0.15, -0.1) is 0 Å². The Morgan fingerprint density at radius 3 is 3.00 bits per heavy atom. The van der Waals surface area contributed by atoms with Crippen LogP contribution >= 0.6 is 0 Å². The molecule has 16 heavy (non-hydrogen) atoms. The van der Waals surface area contributed by atoms with Crippen molar-refractivity contribution >= 4 is 0 Å². The largest absolute Gasteiger partial charge is 0.472 e. The second-order valence-electron chi connectivity index (χ2n) is 4.11. The zero-order valence-corrected chi connectivity index (χ0v) is 9.58. The molecule has 0 bridgehead atoms. The summed E-state index contributed by atoms with van der Waals surface area (Å²) in [4.78, 5) is 4.30. The van der Waals surface area contributed by atoms with E-state index in [1.54, 1.807) is 0 Å². The van der Waals surface area contributed by atoms with Crippen molar-refractivity contribution in [2.75, 3.05) is 13.1 Å². The fourth-order valence-corrected chi connectivity index (χ4v) is 1.91. The lowest BCUT2D eigenvalue weighted by Crippen LogP contribution is -2.21. The predicted octanol–water partition coefficient (Wildman–Crippen LogP) is 1.31. The highest BCUT2D eigenvalue weighted by Gasteiger charge is 2.19. The molecule has 0 amide bonds. The summed E-state index contributed by atoms with van der Waals surface area (Å²) in [5.41, 5.74) is 2.37. The van der Waals surface area contributed by atoms with Crippen molar-refractivity contribution in [1.82, 2.24) is 10.3 Å². The Kier molecular flexibility index (Phi) is 3.07. The zero-order chi connectivity index (χ0) is 11.5. The predicted molar refractivity (Wildman–Crippen MR) is 60.3 cm³/mol. The molecule has 1 saturated heterocycles. The van der Waals surface area contributed by atoms with E-state index in [9.17, 15) is 0 Å². The SMILES string of the molecule is Cc1cc(C)c(C#N)c(OC2CCNC2)n1. The van der Waals surface area contributed by atoms with E-state index < -0.39 is 0 Å². The van der Waals surface area contributed by atoms with Crippen molar-refractivity contribution in [1.29, 1.82) is 5.26 Å². The first kappa shape index (κ1) is 10.9. The lowest BCUT2D eigenvalue weighted by molar-refractivity contribution is 0.213. The Balaban J connectivity index is 2.28. The second-order valence-corrected chi connectivity index (χ2v) is 4.11. The molecule has 1 aromatic rings. The van der Waals surface area contributed by atoms with Crippen LogP contribution in [0.5, 0.6) is 5.88 Å². The van der Waals surface area contributed by atoms with Gasteiger partial charge in [-0.2, -0.15) is 5.26 Å². The van der Waals surface area contributed by atoms with Crippen LogP contribution in [0.1, 0.15) is 23.2 Å². The highest BCUT2D eigenvalue weighted by atomic mass is 16.5. The summed E-state index contributed by atoms with van der Waals surface area (Å²) in [7, 11) is 0. The van der Waals surface area contributed by atoms with E-state index in [0.717, 1.165) is 30.8 Å². The first-order chi connectivity index (χ1) is 7.70. The van der Waals surface area contributed by atoms with E-state index in [0.29, 0.717) is 11.4 Å². The topological polar surface area (TPSA) is 57.9 Å². The maximum absolute atomic E-state index is 9.08. The molecule has 0 aromatic carbocycles. The molecule has 1 fully saturated rings. The van der Waals surface area contributed by atoms with Gasteiger partial charge in [-0.05, 0) is 38.4 Å². The number of aryl methyl sites for hydroxylation is 2. The van der Waals surface area contributed by atoms with Crippen LogP contribution in [0.25, 0.3) is 0 Å². The number of hydrogen-bond acceptors (Lipinski definition) is 4. The highest BCUT2D eigenvalue weighted by Crippen LogP contribution is 2.22.